The lowest BCUT2D eigenvalue weighted by Gasteiger charge is -2.01. The van der Waals surface area contributed by atoms with Gasteiger partial charge in [-0.3, -0.25) is 4.79 Å². The van der Waals surface area contributed by atoms with Crippen LogP contribution in [-0.2, 0) is 17.6 Å². The van der Waals surface area contributed by atoms with Crippen molar-refractivity contribution in [1.82, 2.24) is 4.98 Å². The fraction of sp³-hybridized carbons (Fsp3) is 0.333. The minimum atomic E-state index is -0.775. The van der Waals surface area contributed by atoms with Gasteiger partial charge >= 0.3 is 5.97 Å². The Morgan fingerprint density at radius 2 is 2.25 bits per heavy atom. The van der Waals surface area contributed by atoms with Gasteiger partial charge in [-0.2, -0.15) is 0 Å². The fourth-order valence-corrected chi connectivity index (χ4v) is 3.10. The molecule has 2 rings (SSSR count). The molecule has 0 bridgehead atoms. The first-order valence-electron chi connectivity index (χ1n) is 6.48. The van der Waals surface area contributed by atoms with E-state index in [0.717, 1.165) is 33.3 Å². The number of carboxylic acids is 1. The van der Waals surface area contributed by atoms with E-state index in [9.17, 15) is 4.79 Å². The van der Waals surface area contributed by atoms with Gasteiger partial charge in [0.05, 0.1) is 19.2 Å². The summed E-state index contributed by atoms with van der Waals surface area (Å²) >= 11 is 1.57. The lowest BCUT2D eigenvalue weighted by Crippen LogP contribution is -1.98. The lowest BCUT2D eigenvalue weighted by atomic mass is 10.2. The van der Waals surface area contributed by atoms with E-state index in [2.05, 4.69) is 4.98 Å². The second kappa shape index (κ2) is 6.52. The average molecular weight is 291 g/mol. The number of carboxylic acid groups (broad SMARTS) is 1. The maximum absolute atomic E-state index is 10.7. The number of methoxy groups -OCH3 is 1. The predicted molar refractivity (Wildman–Crippen MR) is 79.4 cm³/mol. The highest BCUT2D eigenvalue weighted by Gasteiger charge is 2.13. The molecule has 1 aromatic heterocycles. The topological polar surface area (TPSA) is 59.4 Å². The van der Waals surface area contributed by atoms with Crippen LogP contribution >= 0.6 is 11.3 Å². The van der Waals surface area contributed by atoms with Crippen molar-refractivity contribution in [2.75, 3.05) is 7.11 Å². The van der Waals surface area contributed by atoms with Crippen LogP contribution in [-0.4, -0.2) is 23.2 Å². The summed E-state index contributed by atoms with van der Waals surface area (Å²) in [5.41, 5.74) is 2.00. The molecule has 0 fully saturated rings. The van der Waals surface area contributed by atoms with E-state index in [1.165, 1.54) is 0 Å². The van der Waals surface area contributed by atoms with Crippen LogP contribution in [0.5, 0.6) is 5.75 Å². The number of hydrogen-bond donors (Lipinski definition) is 1. The second-order valence-electron chi connectivity index (χ2n) is 4.37. The van der Waals surface area contributed by atoms with Gasteiger partial charge in [0, 0.05) is 10.4 Å². The molecule has 0 unspecified atom stereocenters. The van der Waals surface area contributed by atoms with Crippen LogP contribution in [0.15, 0.2) is 24.3 Å². The third-order valence-corrected chi connectivity index (χ3v) is 4.20. The molecule has 0 saturated carbocycles. The van der Waals surface area contributed by atoms with Gasteiger partial charge in [0.1, 0.15) is 10.8 Å². The van der Waals surface area contributed by atoms with Crippen LogP contribution in [0, 0.1) is 0 Å². The minimum absolute atomic E-state index is 0.146. The average Bonchev–Trinajstić information content (AvgIpc) is 2.88. The molecular weight excluding hydrogens is 274 g/mol. The Labute approximate surface area is 122 Å². The van der Waals surface area contributed by atoms with Crippen molar-refractivity contribution in [2.45, 2.75) is 26.2 Å². The molecule has 1 aromatic carbocycles. The largest absolute Gasteiger partial charge is 0.497 e. The van der Waals surface area contributed by atoms with E-state index in [1.807, 2.05) is 31.2 Å². The molecule has 1 N–H and O–H groups in total. The molecular formula is C15H17NO3S. The van der Waals surface area contributed by atoms with Gasteiger partial charge in [0.25, 0.3) is 0 Å². The number of ether oxygens (including phenoxy) is 1. The predicted octanol–water partition coefficient (Wildman–Crippen LogP) is 3.40. The minimum Gasteiger partial charge on any atom is -0.497 e. The number of thiazole rings is 1. The van der Waals surface area contributed by atoms with E-state index in [0.29, 0.717) is 6.42 Å². The van der Waals surface area contributed by atoms with Crippen LogP contribution in [0.1, 0.15) is 23.9 Å². The highest BCUT2D eigenvalue weighted by atomic mass is 32.1. The lowest BCUT2D eigenvalue weighted by molar-refractivity contribution is -0.136. The highest BCUT2D eigenvalue weighted by Crippen LogP contribution is 2.31. The van der Waals surface area contributed by atoms with Crippen LogP contribution in [0.2, 0.25) is 0 Å². The maximum atomic E-state index is 10.7. The van der Waals surface area contributed by atoms with Crippen molar-refractivity contribution in [2.24, 2.45) is 0 Å². The van der Waals surface area contributed by atoms with Crippen molar-refractivity contribution in [1.29, 1.82) is 0 Å². The molecule has 0 atom stereocenters. The zero-order chi connectivity index (χ0) is 14.5. The summed E-state index contributed by atoms with van der Waals surface area (Å²) in [6.45, 7) is 2.04. The summed E-state index contributed by atoms with van der Waals surface area (Å²) in [6.07, 6.45) is 1.50. The standard InChI is InChI=1S/C15H17NO3S/c1-3-12-13(7-8-14(17)18)20-15(16-12)10-5-4-6-11(9-10)19-2/h4-6,9H,3,7-8H2,1-2H3,(H,17,18). The molecule has 0 saturated heterocycles. The molecule has 4 nitrogen and oxygen atoms in total. The number of aryl methyl sites for hydroxylation is 2. The first kappa shape index (κ1) is 14.5. The molecule has 2 aromatic rings. The van der Waals surface area contributed by atoms with Gasteiger partial charge in [-0.05, 0) is 25.0 Å². The molecule has 0 radical (unpaired) electrons. The molecule has 0 spiro atoms. The van der Waals surface area contributed by atoms with E-state index in [-0.39, 0.29) is 6.42 Å². The van der Waals surface area contributed by atoms with Gasteiger partial charge in [-0.15, -0.1) is 11.3 Å². The molecule has 0 aliphatic heterocycles. The van der Waals surface area contributed by atoms with Crippen molar-refractivity contribution in [3.05, 3.63) is 34.8 Å². The summed E-state index contributed by atoms with van der Waals surface area (Å²) in [6, 6.07) is 7.75. The maximum Gasteiger partial charge on any atom is 0.303 e. The van der Waals surface area contributed by atoms with Gasteiger partial charge in [0.15, 0.2) is 0 Å². The van der Waals surface area contributed by atoms with Crippen LogP contribution in [0.25, 0.3) is 10.6 Å². The molecule has 0 aliphatic carbocycles. The Morgan fingerprint density at radius 1 is 1.45 bits per heavy atom. The summed E-state index contributed by atoms with van der Waals surface area (Å²) in [5.74, 6) is 0.0196. The van der Waals surface area contributed by atoms with Crippen LogP contribution in [0.4, 0.5) is 0 Å². The number of nitrogens with zero attached hydrogens (tertiary/aromatic N) is 1. The van der Waals surface area contributed by atoms with Gasteiger partial charge in [-0.1, -0.05) is 19.1 Å². The monoisotopic (exact) mass is 291 g/mol. The first-order valence-corrected chi connectivity index (χ1v) is 7.30. The summed E-state index contributed by atoms with van der Waals surface area (Å²) < 4.78 is 5.22. The van der Waals surface area contributed by atoms with Gasteiger partial charge in [-0.25, -0.2) is 4.98 Å². The SMILES string of the molecule is CCc1nc(-c2cccc(OC)c2)sc1CCC(=O)O. The van der Waals surface area contributed by atoms with E-state index >= 15 is 0 Å². The smallest absolute Gasteiger partial charge is 0.303 e. The molecule has 1 heterocycles. The molecule has 5 heteroatoms. The number of hydrogen-bond acceptors (Lipinski definition) is 4. The molecule has 0 amide bonds. The van der Waals surface area contributed by atoms with Crippen LogP contribution < -0.4 is 4.74 Å². The van der Waals surface area contributed by atoms with Crippen molar-refractivity contribution < 1.29 is 14.6 Å². The van der Waals surface area contributed by atoms with Crippen molar-refractivity contribution in [3.8, 4) is 16.3 Å². The Bertz CT molecular complexity index is 607. The van der Waals surface area contributed by atoms with Crippen molar-refractivity contribution in [3.63, 3.8) is 0 Å². The van der Waals surface area contributed by atoms with Crippen molar-refractivity contribution >= 4 is 17.3 Å². The number of aliphatic carboxylic acids is 1. The summed E-state index contributed by atoms with van der Waals surface area (Å²) in [7, 11) is 1.64. The van der Waals surface area contributed by atoms with Gasteiger partial charge in [0.2, 0.25) is 0 Å². The third kappa shape index (κ3) is 3.36. The highest BCUT2D eigenvalue weighted by molar-refractivity contribution is 7.15. The number of benzene rings is 1. The quantitative estimate of drug-likeness (QED) is 0.886. The number of aromatic nitrogens is 1. The normalized spacial score (nSPS) is 10.5. The van der Waals surface area contributed by atoms with E-state index < -0.39 is 5.97 Å². The zero-order valence-corrected chi connectivity index (χ0v) is 12.4. The molecule has 0 aliphatic rings. The van der Waals surface area contributed by atoms with E-state index in [1.54, 1.807) is 18.4 Å². The fourth-order valence-electron chi connectivity index (χ4n) is 1.95. The Hall–Kier alpha value is -1.88. The van der Waals surface area contributed by atoms with Crippen LogP contribution in [0.3, 0.4) is 0 Å². The molecule has 106 valence electrons. The third-order valence-electron chi connectivity index (χ3n) is 3.00. The summed E-state index contributed by atoms with van der Waals surface area (Å²) in [4.78, 5) is 16.4. The number of rotatable bonds is 6. The molecule has 20 heavy (non-hydrogen) atoms. The summed E-state index contributed by atoms with van der Waals surface area (Å²) in [5, 5.41) is 9.72. The Balaban J connectivity index is 2.30. The van der Waals surface area contributed by atoms with Gasteiger partial charge < -0.3 is 9.84 Å². The number of carbonyl (C=O) groups is 1. The second-order valence-corrected chi connectivity index (χ2v) is 5.45. The Morgan fingerprint density at radius 3 is 2.90 bits per heavy atom. The Kier molecular flexibility index (Phi) is 4.74. The first-order chi connectivity index (χ1) is 9.63. The van der Waals surface area contributed by atoms with E-state index in [4.69, 9.17) is 9.84 Å². The zero-order valence-electron chi connectivity index (χ0n) is 11.5.